The number of nitrogens with one attached hydrogen (secondary N) is 4. The zero-order chi connectivity index (χ0) is 23.5. The fourth-order valence-corrected chi connectivity index (χ4v) is 3.33. The summed E-state index contributed by atoms with van der Waals surface area (Å²) in [7, 11) is 1.54. The van der Waals surface area contributed by atoms with E-state index in [1.807, 2.05) is 6.92 Å². The van der Waals surface area contributed by atoms with E-state index < -0.39 is 11.8 Å². The van der Waals surface area contributed by atoms with E-state index in [0.29, 0.717) is 29.4 Å². The monoisotopic (exact) mass is 570 g/mol. The van der Waals surface area contributed by atoms with Gasteiger partial charge >= 0.3 is 0 Å². The number of methoxy groups -OCH3 is 1. The number of carbonyl (C=O) groups is 3. The third kappa shape index (κ3) is 8.30. The van der Waals surface area contributed by atoms with Gasteiger partial charge in [-0.3, -0.25) is 30.6 Å². The average molecular weight is 570 g/mol. The van der Waals surface area contributed by atoms with Gasteiger partial charge < -0.3 is 14.8 Å². The Morgan fingerprint density at radius 1 is 1.00 bits per heavy atom. The maximum Gasteiger partial charge on any atom is 0.257 e. The second-order valence-corrected chi connectivity index (χ2v) is 7.88. The van der Waals surface area contributed by atoms with Crippen LogP contribution in [-0.2, 0) is 9.59 Å². The highest BCUT2D eigenvalue weighted by molar-refractivity contribution is 14.1. The topological polar surface area (TPSA) is 118 Å². The largest absolute Gasteiger partial charge is 0.496 e. The Balaban J connectivity index is 1.70. The van der Waals surface area contributed by atoms with Gasteiger partial charge in [0.2, 0.25) is 11.8 Å². The first kappa shape index (κ1) is 25.3. The molecule has 0 saturated heterocycles. The van der Waals surface area contributed by atoms with E-state index in [9.17, 15) is 14.4 Å². The van der Waals surface area contributed by atoms with Crippen LogP contribution < -0.4 is 31.0 Å². The zero-order valence-electron chi connectivity index (χ0n) is 17.5. The Kier molecular flexibility index (Phi) is 10.1. The number of amides is 3. The van der Waals surface area contributed by atoms with Gasteiger partial charge in [0.25, 0.3) is 5.91 Å². The molecule has 0 aromatic heterocycles. The molecule has 0 aliphatic carbocycles. The highest BCUT2D eigenvalue weighted by Gasteiger charge is 2.12. The van der Waals surface area contributed by atoms with Crippen LogP contribution in [0.3, 0.4) is 0 Å². The average Bonchev–Trinajstić information content (AvgIpc) is 2.77. The van der Waals surface area contributed by atoms with Crippen molar-refractivity contribution in [3.05, 3.63) is 51.6 Å². The molecule has 0 spiro atoms. The van der Waals surface area contributed by atoms with Crippen LogP contribution in [-0.4, -0.2) is 36.6 Å². The summed E-state index contributed by atoms with van der Waals surface area (Å²) in [6.07, 6.45) is -0.0901. The van der Waals surface area contributed by atoms with Crippen LogP contribution in [0.1, 0.15) is 30.1 Å². The van der Waals surface area contributed by atoms with E-state index in [1.165, 1.54) is 0 Å². The summed E-state index contributed by atoms with van der Waals surface area (Å²) in [5.41, 5.74) is 5.78. The molecule has 0 atom stereocenters. The summed E-state index contributed by atoms with van der Waals surface area (Å²) in [5, 5.41) is 5.09. The minimum Gasteiger partial charge on any atom is -0.496 e. The minimum atomic E-state index is -0.456. The number of thiocarbonyl (C=S) groups is 1. The van der Waals surface area contributed by atoms with Crippen molar-refractivity contribution in [1.29, 1.82) is 0 Å². The molecule has 170 valence electrons. The van der Waals surface area contributed by atoms with E-state index in [2.05, 4.69) is 44.1 Å². The lowest BCUT2D eigenvalue weighted by Gasteiger charge is -2.11. The van der Waals surface area contributed by atoms with Crippen LogP contribution >= 0.6 is 34.8 Å². The maximum atomic E-state index is 12.2. The number of benzene rings is 2. The second-order valence-electron chi connectivity index (χ2n) is 6.31. The van der Waals surface area contributed by atoms with E-state index in [0.717, 1.165) is 3.57 Å². The summed E-state index contributed by atoms with van der Waals surface area (Å²) >= 11 is 7.06. The quantitative estimate of drug-likeness (QED) is 0.219. The fourth-order valence-electron chi connectivity index (χ4n) is 2.45. The Labute approximate surface area is 204 Å². The van der Waals surface area contributed by atoms with Crippen LogP contribution in [0.5, 0.6) is 11.5 Å². The van der Waals surface area contributed by atoms with Gasteiger partial charge in [0.15, 0.2) is 5.11 Å². The summed E-state index contributed by atoms with van der Waals surface area (Å²) < 4.78 is 11.3. The standard InChI is InChI=1S/C21H23IN4O5S/c1-3-31-15-7-5-14(6-8-15)23-18(27)10-11-19(28)25-26-21(32)24-20(29)13-4-9-17(30-2)16(22)12-13/h4-9,12H,3,10-11H2,1-2H3,(H,23,27)(H,25,28)(H2,24,26,29,32). The summed E-state index contributed by atoms with van der Waals surface area (Å²) in [6.45, 7) is 2.44. The van der Waals surface area contributed by atoms with Crippen molar-refractivity contribution in [3.8, 4) is 11.5 Å². The smallest absolute Gasteiger partial charge is 0.257 e. The highest BCUT2D eigenvalue weighted by Crippen LogP contribution is 2.21. The van der Waals surface area contributed by atoms with Gasteiger partial charge in [0.1, 0.15) is 11.5 Å². The van der Waals surface area contributed by atoms with Gasteiger partial charge in [-0.15, -0.1) is 0 Å². The number of hydrogen-bond donors (Lipinski definition) is 4. The van der Waals surface area contributed by atoms with Crippen LogP contribution in [0.15, 0.2) is 42.5 Å². The molecule has 0 heterocycles. The number of hydrazine groups is 1. The van der Waals surface area contributed by atoms with Crippen molar-refractivity contribution >= 4 is 63.3 Å². The van der Waals surface area contributed by atoms with Gasteiger partial charge in [0, 0.05) is 24.1 Å². The number of anilines is 1. The van der Waals surface area contributed by atoms with Crippen LogP contribution in [0.25, 0.3) is 0 Å². The molecule has 0 fully saturated rings. The van der Waals surface area contributed by atoms with E-state index in [-0.39, 0.29) is 23.9 Å². The van der Waals surface area contributed by atoms with Crippen molar-refractivity contribution in [2.24, 2.45) is 0 Å². The normalized spacial score (nSPS) is 9.97. The highest BCUT2D eigenvalue weighted by atomic mass is 127. The summed E-state index contributed by atoms with van der Waals surface area (Å²) in [4.78, 5) is 36.2. The predicted octanol–water partition coefficient (Wildman–Crippen LogP) is 2.75. The first-order valence-electron chi connectivity index (χ1n) is 9.58. The fraction of sp³-hybridized carbons (Fsp3) is 0.238. The molecule has 9 nitrogen and oxygen atoms in total. The molecule has 0 radical (unpaired) electrons. The number of rotatable bonds is 8. The third-order valence-corrected chi connectivity index (χ3v) is 5.03. The molecule has 0 bridgehead atoms. The van der Waals surface area contributed by atoms with Crippen molar-refractivity contribution in [2.75, 3.05) is 19.0 Å². The first-order chi connectivity index (χ1) is 15.3. The van der Waals surface area contributed by atoms with E-state index >= 15 is 0 Å². The van der Waals surface area contributed by atoms with Gasteiger partial charge in [-0.1, -0.05) is 0 Å². The molecular formula is C21H23IN4O5S. The van der Waals surface area contributed by atoms with Crippen molar-refractivity contribution < 1.29 is 23.9 Å². The van der Waals surface area contributed by atoms with Gasteiger partial charge in [0.05, 0.1) is 17.3 Å². The van der Waals surface area contributed by atoms with E-state index in [1.54, 1.807) is 49.6 Å². The Hall–Kier alpha value is -2.93. The second kappa shape index (κ2) is 12.8. The van der Waals surface area contributed by atoms with Crippen molar-refractivity contribution in [3.63, 3.8) is 0 Å². The van der Waals surface area contributed by atoms with Crippen LogP contribution in [0.2, 0.25) is 0 Å². The molecule has 2 rings (SSSR count). The summed E-state index contributed by atoms with van der Waals surface area (Å²) in [6, 6.07) is 11.9. The minimum absolute atomic E-state index is 0.0237. The molecule has 2 aromatic carbocycles. The molecule has 2 aromatic rings. The van der Waals surface area contributed by atoms with Crippen LogP contribution in [0, 0.1) is 3.57 Å². The molecule has 0 saturated carbocycles. The predicted molar refractivity (Wildman–Crippen MR) is 133 cm³/mol. The number of halogens is 1. The number of hydrogen-bond acceptors (Lipinski definition) is 6. The lowest BCUT2D eigenvalue weighted by molar-refractivity contribution is -0.124. The van der Waals surface area contributed by atoms with Gasteiger partial charge in [-0.25, -0.2) is 0 Å². The molecule has 0 aliphatic heterocycles. The molecule has 0 aliphatic rings. The Morgan fingerprint density at radius 3 is 2.31 bits per heavy atom. The van der Waals surface area contributed by atoms with Crippen molar-refractivity contribution in [1.82, 2.24) is 16.2 Å². The molecule has 11 heteroatoms. The van der Waals surface area contributed by atoms with Crippen LogP contribution in [0.4, 0.5) is 5.69 Å². The number of ether oxygens (including phenoxy) is 2. The molecule has 3 amide bonds. The Morgan fingerprint density at radius 2 is 1.69 bits per heavy atom. The zero-order valence-corrected chi connectivity index (χ0v) is 20.5. The lowest BCUT2D eigenvalue weighted by Crippen LogP contribution is -2.48. The number of carbonyl (C=O) groups excluding carboxylic acids is 3. The lowest BCUT2D eigenvalue weighted by atomic mass is 10.2. The first-order valence-corrected chi connectivity index (χ1v) is 11.1. The molecular weight excluding hydrogens is 547 g/mol. The van der Waals surface area contributed by atoms with Crippen molar-refractivity contribution in [2.45, 2.75) is 19.8 Å². The molecule has 32 heavy (non-hydrogen) atoms. The molecule has 0 unspecified atom stereocenters. The Bertz CT molecular complexity index is 985. The molecule has 4 N–H and O–H groups in total. The SMILES string of the molecule is CCOc1ccc(NC(=O)CCC(=O)NNC(=S)NC(=O)c2ccc(OC)c(I)c2)cc1. The summed E-state index contributed by atoms with van der Waals surface area (Å²) in [5.74, 6) is 0.159. The van der Waals surface area contributed by atoms with E-state index in [4.69, 9.17) is 21.7 Å². The maximum absolute atomic E-state index is 12.2. The third-order valence-electron chi connectivity index (χ3n) is 3.98. The van der Waals surface area contributed by atoms with Gasteiger partial charge in [-0.05, 0) is 84.2 Å². The van der Waals surface area contributed by atoms with Gasteiger partial charge in [-0.2, -0.15) is 0 Å².